The second-order valence-electron chi connectivity index (χ2n) is 5.50. The number of para-hydroxylation sites is 1. The van der Waals surface area contributed by atoms with Crippen molar-refractivity contribution in [2.45, 2.75) is 39.3 Å². The maximum atomic E-state index is 12.2. The molecule has 5 heteroatoms. The van der Waals surface area contributed by atoms with Crippen molar-refractivity contribution in [2.24, 2.45) is 0 Å². The van der Waals surface area contributed by atoms with Crippen LogP contribution in [0, 0.1) is 13.8 Å². The van der Waals surface area contributed by atoms with Crippen LogP contribution in [0.2, 0.25) is 0 Å². The molecule has 1 aromatic carbocycles. The van der Waals surface area contributed by atoms with Gasteiger partial charge in [0.15, 0.2) is 0 Å². The molecule has 0 heterocycles. The van der Waals surface area contributed by atoms with Crippen molar-refractivity contribution in [3.05, 3.63) is 29.3 Å². The molecular weight excluding hydrogens is 256 g/mol. The molecule has 5 nitrogen and oxygen atoms in total. The third-order valence-electron chi connectivity index (χ3n) is 3.39. The topological polar surface area (TPSA) is 81.6 Å². The Morgan fingerprint density at radius 1 is 1.25 bits per heavy atom. The fraction of sp³-hybridized carbons (Fsp3) is 0.533. The zero-order chi connectivity index (χ0) is 15.3. The molecule has 1 unspecified atom stereocenters. The molecule has 4 N–H and O–H groups in total. The van der Waals surface area contributed by atoms with Gasteiger partial charge in [-0.25, -0.2) is 0 Å². The van der Waals surface area contributed by atoms with Crippen molar-refractivity contribution < 1.29 is 15.0 Å². The Balaban J connectivity index is 2.76. The maximum absolute atomic E-state index is 12.2. The summed E-state index contributed by atoms with van der Waals surface area (Å²) in [5.41, 5.74) is 1.92. The van der Waals surface area contributed by atoms with Crippen LogP contribution in [0.5, 0.6) is 0 Å². The van der Waals surface area contributed by atoms with E-state index in [2.05, 4.69) is 10.6 Å². The van der Waals surface area contributed by atoms with E-state index in [-0.39, 0.29) is 19.1 Å². The number of aliphatic hydroxyl groups excluding tert-OH is 2. The van der Waals surface area contributed by atoms with Gasteiger partial charge in [0.25, 0.3) is 0 Å². The van der Waals surface area contributed by atoms with Gasteiger partial charge in [-0.3, -0.25) is 10.1 Å². The van der Waals surface area contributed by atoms with Crippen molar-refractivity contribution in [2.75, 3.05) is 18.5 Å². The van der Waals surface area contributed by atoms with Crippen molar-refractivity contribution in [3.8, 4) is 0 Å². The minimum absolute atomic E-state index is 0.199. The van der Waals surface area contributed by atoms with E-state index in [9.17, 15) is 15.0 Å². The largest absolute Gasteiger partial charge is 0.394 e. The number of nitrogens with one attached hydrogen (secondary N) is 2. The number of carbonyl (C=O) groups is 1. The molecule has 1 rings (SSSR count). The maximum Gasteiger partial charge on any atom is 0.241 e. The summed E-state index contributed by atoms with van der Waals surface area (Å²) in [6, 6.07) is 5.29. The second kappa shape index (κ2) is 6.83. The number of rotatable bonds is 6. The van der Waals surface area contributed by atoms with Crippen LogP contribution >= 0.6 is 0 Å². The van der Waals surface area contributed by atoms with Gasteiger partial charge in [0.05, 0.1) is 24.8 Å². The SMILES string of the molecule is Cc1cccc(C)c1NC(=O)C(C)NC(C)(CO)CO. The minimum Gasteiger partial charge on any atom is -0.394 e. The highest BCUT2D eigenvalue weighted by molar-refractivity contribution is 5.95. The van der Waals surface area contributed by atoms with Crippen molar-refractivity contribution in [3.63, 3.8) is 0 Å². The van der Waals surface area contributed by atoms with Crippen molar-refractivity contribution in [1.29, 1.82) is 0 Å². The highest BCUT2D eigenvalue weighted by Crippen LogP contribution is 2.19. The number of amides is 1. The Morgan fingerprint density at radius 2 is 1.75 bits per heavy atom. The molecule has 112 valence electrons. The number of anilines is 1. The van der Waals surface area contributed by atoms with E-state index in [1.807, 2.05) is 32.0 Å². The van der Waals surface area contributed by atoms with Gasteiger partial charge in [-0.1, -0.05) is 18.2 Å². The Kier molecular flexibility index (Phi) is 5.68. The first-order valence-electron chi connectivity index (χ1n) is 6.69. The Hall–Kier alpha value is -1.43. The van der Waals surface area contributed by atoms with E-state index in [0.717, 1.165) is 16.8 Å². The first kappa shape index (κ1) is 16.6. The standard InChI is InChI=1S/C15H24N2O3/c1-10-6-5-7-11(2)13(10)16-14(20)12(3)17-15(4,8-18)9-19/h5-7,12,17-19H,8-9H2,1-4H3,(H,16,20). The van der Waals surface area contributed by atoms with Gasteiger partial charge in [0.1, 0.15) is 0 Å². The monoisotopic (exact) mass is 280 g/mol. The Morgan fingerprint density at radius 3 is 2.20 bits per heavy atom. The Labute approximate surface area is 120 Å². The Bertz CT molecular complexity index is 450. The van der Waals surface area contributed by atoms with Crippen molar-refractivity contribution in [1.82, 2.24) is 5.32 Å². The summed E-state index contributed by atoms with van der Waals surface area (Å²) in [7, 11) is 0. The van der Waals surface area contributed by atoms with E-state index in [4.69, 9.17) is 0 Å². The number of aliphatic hydroxyl groups is 2. The minimum atomic E-state index is -0.877. The van der Waals surface area contributed by atoms with Gasteiger partial charge < -0.3 is 15.5 Å². The van der Waals surface area contributed by atoms with E-state index < -0.39 is 11.6 Å². The van der Waals surface area contributed by atoms with Crippen LogP contribution < -0.4 is 10.6 Å². The molecule has 0 aromatic heterocycles. The summed E-state index contributed by atoms with van der Waals surface area (Å²) in [6.45, 7) is 6.75. The summed E-state index contributed by atoms with van der Waals surface area (Å²) >= 11 is 0. The van der Waals surface area contributed by atoms with E-state index in [1.54, 1.807) is 13.8 Å². The molecular formula is C15H24N2O3. The zero-order valence-corrected chi connectivity index (χ0v) is 12.5. The fourth-order valence-electron chi connectivity index (χ4n) is 1.97. The number of benzene rings is 1. The molecule has 0 aliphatic heterocycles. The molecule has 1 amide bonds. The molecule has 1 atom stereocenters. The molecule has 1 aromatic rings. The van der Waals surface area contributed by atoms with Gasteiger partial charge in [0.2, 0.25) is 5.91 Å². The quantitative estimate of drug-likeness (QED) is 0.626. The molecule has 0 bridgehead atoms. The average molecular weight is 280 g/mol. The normalized spacial score (nSPS) is 13.1. The van der Waals surface area contributed by atoms with E-state index in [1.165, 1.54) is 0 Å². The lowest BCUT2D eigenvalue weighted by atomic mass is 10.0. The molecule has 0 aliphatic carbocycles. The highest BCUT2D eigenvalue weighted by Gasteiger charge is 2.27. The summed E-state index contributed by atoms with van der Waals surface area (Å²) in [4.78, 5) is 12.2. The molecule has 0 radical (unpaired) electrons. The van der Waals surface area contributed by atoms with Gasteiger partial charge in [-0.2, -0.15) is 0 Å². The number of carbonyl (C=O) groups excluding carboxylic acids is 1. The zero-order valence-electron chi connectivity index (χ0n) is 12.5. The third-order valence-corrected chi connectivity index (χ3v) is 3.39. The van der Waals surface area contributed by atoms with Gasteiger partial charge in [-0.05, 0) is 38.8 Å². The summed E-state index contributed by atoms with van der Waals surface area (Å²) in [5, 5.41) is 24.3. The first-order chi connectivity index (χ1) is 9.33. The van der Waals surface area contributed by atoms with Crippen molar-refractivity contribution >= 4 is 11.6 Å². The third kappa shape index (κ3) is 4.03. The predicted molar refractivity (Wildman–Crippen MR) is 79.7 cm³/mol. The molecule has 0 saturated heterocycles. The molecule has 20 heavy (non-hydrogen) atoms. The lowest BCUT2D eigenvalue weighted by Crippen LogP contribution is -2.55. The lowest BCUT2D eigenvalue weighted by Gasteiger charge is -2.30. The molecule has 0 spiro atoms. The van der Waals surface area contributed by atoms with Crippen LogP contribution in [0.25, 0.3) is 0 Å². The molecule has 0 aliphatic rings. The lowest BCUT2D eigenvalue weighted by molar-refractivity contribution is -0.118. The first-order valence-corrected chi connectivity index (χ1v) is 6.69. The number of hydrogen-bond acceptors (Lipinski definition) is 4. The molecule has 0 saturated carbocycles. The number of aryl methyl sites for hydroxylation is 2. The van der Waals surface area contributed by atoms with Gasteiger partial charge in [-0.15, -0.1) is 0 Å². The van der Waals surface area contributed by atoms with E-state index >= 15 is 0 Å². The smallest absolute Gasteiger partial charge is 0.241 e. The van der Waals surface area contributed by atoms with Gasteiger partial charge in [0, 0.05) is 5.69 Å². The van der Waals surface area contributed by atoms with Gasteiger partial charge >= 0.3 is 0 Å². The van der Waals surface area contributed by atoms with Crippen LogP contribution in [-0.2, 0) is 4.79 Å². The highest BCUT2D eigenvalue weighted by atomic mass is 16.3. The summed E-state index contributed by atoms with van der Waals surface area (Å²) in [5.74, 6) is -0.199. The van der Waals surface area contributed by atoms with Crippen LogP contribution in [0.4, 0.5) is 5.69 Å². The van der Waals surface area contributed by atoms with Crippen LogP contribution in [0.15, 0.2) is 18.2 Å². The fourth-order valence-corrected chi connectivity index (χ4v) is 1.97. The molecule has 0 fully saturated rings. The van der Waals surface area contributed by atoms with Crippen LogP contribution in [-0.4, -0.2) is 40.9 Å². The number of hydrogen-bond donors (Lipinski definition) is 4. The van der Waals surface area contributed by atoms with Crippen LogP contribution in [0.3, 0.4) is 0 Å². The van der Waals surface area contributed by atoms with Crippen LogP contribution in [0.1, 0.15) is 25.0 Å². The second-order valence-corrected chi connectivity index (χ2v) is 5.50. The summed E-state index contributed by atoms with van der Waals surface area (Å²) in [6.07, 6.45) is 0. The summed E-state index contributed by atoms with van der Waals surface area (Å²) < 4.78 is 0. The predicted octanol–water partition coefficient (Wildman–Crippen LogP) is 0.963. The average Bonchev–Trinajstić information content (AvgIpc) is 2.42. The van der Waals surface area contributed by atoms with E-state index in [0.29, 0.717) is 0 Å².